The highest BCUT2D eigenvalue weighted by atomic mass is 16.5. The first kappa shape index (κ1) is 26.2. The highest BCUT2D eigenvalue weighted by Crippen LogP contribution is 2.25. The molecular weight excluding hydrogens is 510 g/mol. The van der Waals surface area contributed by atoms with E-state index in [1.54, 1.807) is 18.5 Å². The number of aliphatic hydroxyl groups excluding tert-OH is 1. The van der Waals surface area contributed by atoms with Crippen molar-refractivity contribution in [1.82, 2.24) is 39.4 Å². The first-order valence-electron chi connectivity index (χ1n) is 13.7. The van der Waals surface area contributed by atoms with Gasteiger partial charge in [-0.05, 0) is 31.0 Å². The van der Waals surface area contributed by atoms with Crippen LogP contribution in [0.3, 0.4) is 0 Å². The first-order chi connectivity index (χ1) is 19.7. The van der Waals surface area contributed by atoms with Crippen LogP contribution in [0.15, 0.2) is 66.2 Å². The molecule has 0 aromatic carbocycles. The van der Waals surface area contributed by atoms with Crippen LogP contribution in [0.5, 0.6) is 0 Å². The summed E-state index contributed by atoms with van der Waals surface area (Å²) in [5.41, 5.74) is 3.27. The molecule has 6 heterocycles. The fourth-order valence-corrected chi connectivity index (χ4v) is 5.32. The molecular formula is C28H33N9O3. The third kappa shape index (κ3) is 5.93. The molecule has 1 N–H and O–H groups in total. The van der Waals surface area contributed by atoms with Gasteiger partial charge in [-0.25, -0.2) is 14.6 Å². The Hall–Kier alpha value is -4.00. The average molecular weight is 544 g/mol. The van der Waals surface area contributed by atoms with Crippen LogP contribution in [0.1, 0.15) is 18.9 Å². The number of likely N-dealkylation sites (tertiary alicyclic amines) is 1. The Morgan fingerprint density at radius 1 is 0.975 bits per heavy atom. The van der Waals surface area contributed by atoms with Gasteiger partial charge in [0.15, 0.2) is 0 Å². The number of aliphatic hydroxyl groups is 1. The lowest BCUT2D eigenvalue weighted by Crippen LogP contribution is -2.46. The molecule has 0 bridgehead atoms. The number of hydrogen-bond donors (Lipinski definition) is 1. The van der Waals surface area contributed by atoms with Crippen LogP contribution >= 0.6 is 0 Å². The topological polar surface area (TPSA) is 127 Å². The summed E-state index contributed by atoms with van der Waals surface area (Å²) >= 11 is 0. The molecule has 2 fully saturated rings. The second-order valence-electron chi connectivity index (χ2n) is 10.2. The Kier molecular flexibility index (Phi) is 7.89. The normalized spacial score (nSPS) is 18.7. The molecule has 12 heteroatoms. The molecule has 12 nitrogen and oxygen atoms in total. The largest absolute Gasteiger partial charge is 0.395 e. The zero-order chi connectivity index (χ0) is 27.3. The van der Waals surface area contributed by atoms with E-state index in [4.69, 9.17) is 9.84 Å². The van der Waals surface area contributed by atoms with Crippen molar-refractivity contribution >= 4 is 5.95 Å². The number of morpholine rings is 1. The molecule has 0 spiro atoms. The summed E-state index contributed by atoms with van der Waals surface area (Å²) in [6, 6.07) is 7.36. The van der Waals surface area contributed by atoms with Crippen LogP contribution in [0.25, 0.3) is 22.4 Å². The van der Waals surface area contributed by atoms with Crippen LogP contribution in [0.2, 0.25) is 0 Å². The van der Waals surface area contributed by atoms with Gasteiger partial charge in [0.25, 0.3) is 5.56 Å². The van der Waals surface area contributed by atoms with Gasteiger partial charge in [0, 0.05) is 86.5 Å². The Morgan fingerprint density at radius 2 is 1.82 bits per heavy atom. The number of aromatic nitrogens is 7. The summed E-state index contributed by atoms with van der Waals surface area (Å²) in [4.78, 5) is 30.3. The fraction of sp³-hybridized carbons (Fsp3) is 0.429. The summed E-state index contributed by atoms with van der Waals surface area (Å²) in [6.45, 7) is 4.95. The SMILES string of the molecule is O=c1ccc(-c2cccnc2)nn1C[C@@H]1CN(c2ncc(-c3cnn(C4CCN(CCO)CC4)c3)cn2)CCO1. The number of nitrogens with zero attached hydrogens (tertiary/aromatic N) is 9. The molecule has 2 aliphatic rings. The van der Waals surface area contributed by atoms with Gasteiger partial charge in [-0.15, -0.1) is 0 Å². The van der Waals surface area contributed by atoms with E-state index in [-0.39, 0.29) is 18.3 Å². The van der Waals surface area contributed by atoms with Crippen molar-refractivity contribution in [2.45, 2.75) is 31.5 Å². The quantitative estimate of drug-likeness (QED) is 0.349. The lowest BCUT2D eigenvalue weighted by molar-refractivity contribution is 0.0260. The van der Waals surface area contributed by atoms with Crippen molar-refractivity contribution in [3.8, 4) is 22.4 Å². The van der Waals surface area contributed by atoms with E-state index >= 15 is 0 Å². The van der Waals surface area contributed by atoms with Crippen LogP contribution in [0.4, 0.5) is 5.95 Å². The molecule has 0 aliphatic carbocycles. The highest BCUT2D eigenvalue weighted by Gasteiger charge is 2.24. The van der Waals surface area contributed by atoms with E-state index in [1.807, 2.05) is 35.4 Å². The lowest BCUT2D eigenvalue weighted by Gasteiger charge is -2.33. The van der Waals surface area contributed by atoms with Crippen molar-refractivity contribution in [2.24, 2.45) is 0 Å². The van der Waals surface area contributed by atoms with Crippen molar-refractivity contribution in [3.05, 3.63) is 71.8 Å². The number of pyridine rings is 1. The minimum absolute atomic E-state index is 0.176. The van der Waals surface area contributed by atoms with Crippen molar-refractivity contribution in [1.29, 1.82) is 0 Å². The minimum atomic E-state index is -0.228. The van der Waals surface area contributed by atoms with Crippen molar-refractivity contribution in [3.63, 3.8) is 0 Å². The van der Waals surface area contributed by atoms with Crippen LogP contribution in [-0.4, -0.2) is 96.6 Å². The number of piperidine rings is 1. The van der Waals surface area contributed by atoms with Gasteiger partial charge in [-0.3, -0.25) is 14.5 Å². The number of hydrogen-bond acceptors (Lipinski definition) is 10. The number of ether oxygens (including phenoxy) is 1. The summed E-state index contributed by atoms with van der Waals surface area (Å²) in [6.07, 6.45) is 12.8. The molecule has 4 aromatic rings. The minimum Gasteiger partial charge on any atom is -0.395 e. The molecule has 208 valence electrons. The Labute approximate surface area is 231 Å². The predicted molar refractivity (Wildman–Crippen MR) is 149 cm³/mol. The van der Waals surface area contributed by atoms with E-state index in [0.717, 1.165) is 49.2 Å². The van der Waals surface area contributed by atoms with Gasteiger partial charge >= 0.3 is 0 Å². The van der Waals surface area contributed by atoms with E-state index in [9.17, 15) is 4.79 Å². The number of anilines is 1. The standard InChI is InChI=1S/C28H33N9O3/c38-12-10-34-8-5-24(6-9-34)36-18-23(17-32-36)22-15-30-28(31-16-22)35-11-13-40-25(19-35)20-37-27(39)4-3-26(33-37)21-2-1-7-29-14-21/h1-4,7,14-18,24-25,38H,5-6,8-13,19-20H2/t25-/m0/s1. The van der Waals surface area contributed by atoms with E-state index in [2.05, 4.69) is 41.1 Å². The van der Waals surface area contributed by atoms with Crippen LogP contribution in [-0.2, 0) is 11.3 Å². The van der Waals surface area contributed by atoms with Gasteiger partial charge in [0.2, 0.25) is 5.95 Å². The van der Waals surface area contributed by atoms with Crippen LogP contribution in [0, 0.1) is 0 Å². The molecule has 40 heavy (non-hydrogen) atoms. The van der Waals surface area contributed by atoms with Gasteiger partial charge in [0.05, 0.1) is 43.8 Å². The zero-order valence-electron chi connectivity index (χ0n) is 22.3. The number of β-amino-alcohol motifs (C(OH)–C–C–N with tert-alkyl or cyclic N) is 1. The molecule has 4 aromatic heterocycles. The molecule has 0 saturated carbocycles. The zero-order valence-corrected chi connectivity index (χ0v) is 22.3. The van der Waals surface area contributed by atoms with Gasteiger partial charge < -0.3 is 19.6 Å². The molecule has 0 radical (unpaired) electrons. The Morgan fingerprint density at radius 3 is 2.60 bits per heavy atom. The molecule has 0 amide bonds. The molecule has 1 atom stereocenters. The highest BCUT2D eigenvalue weighted by molar-refractivity contribution is 5.60. The van der Waals surface area contributed by atoms with E-state index < -0.39 is 0 Å². The second-order valence-corrected chi connectivity index (χ2v) is 10.2. The van der Waals surface area contributed by atoms with Crippen LogP contribution < -0.4 is 10.5 Å². The van der Waals surface area contributed by atoms with E-state index in [1.165, 1.54) is 10.7 Å². The average Bonchev–Trinajstić information content (AvgIpc) is 3.50. The third-order valence-corrected chi connectivity index (χ3v) is 7.54. The van der Waals surface area contributed by atoms with Crippen molar-refractivity contribution < 1.29 is 9.84 Å². The fourth-order valence-electron chi connectivity index (χ4n) is 5.32. The number of rotatable bonds is 8. The second kappa shape index (κ2) is 12.0. The van der Waals surface area contributed by atoms with Gasteiger partial charge in [0.1, 0.15) is 0 Å². The summed E-state index contributed by atoms with van der Waals surface area (Å²) in [5.74, 6) is 0.630. The maximum absolute atomic E-state index is 12.5. The van der Waals surface area contributed by atoms with E-state index in [0.29, 0.717) is 43.9 Å². The maximum atomic E-state index is 12.5. The Balaban J connectivity index is 1.09. The smallest absolute Gasteiger partial charge is 0.266 e. The monoisotopic (exact) mass is 543 g/mol. The maximum Gasteiger partial charge on any atom is 0.266 e. The summed E-state index contributed by atoms with van der Waals surface area (Å²) in [7, 11) is 0. The summed E-state index contributed by atoms with van der Waals surface area (Å²) < 4.78 is 9.47. The lowest BCUT2D eigenvalue weighted by atomic mass is 10.1. The predicted octanol–water partition coefficient (Wildman–Crippen LogP) is 1.49. The van der Waals surface area contributed by atoms with Crippen molar-refractivity contribution in [2.75, 3.05) is 50.8 Å². The molecule has 0 unspecified atom stereocenters. The molecule has 6 rings (SSSR count). The molecule has 2 saturated heterocycles. The van der Waals surface area contributed by atoms with Gasteiger partial charge in [-0.1, -0.05) is 0 Å². The summed E-state index contributed by atoms with van der Waals surface area (Å²) in [5, 5.41) is 18.3. The first-order valence-corrected chi connectivity index (χ1v) is 13.7. The third-order valence-electron chi connectivity index (χ3n) is 7.54. The molecule has 2 aliphatic heterocycles. The van der Waals surface area contributed by atoms with Gasteiger partial charge in [-0.2, -0.15) is 10.2 Å². The Bertz CT molecular complexity index is 1450.